The van der Waals surface area contributed by atoms with Gasteiger partial charge in [0.25, 0.3) is 0 Å². The molecule has 0 aliphatic carbocycles. The quantitative estimate of drug-likeness (QED) is 0.186. The molecule has 0 aromatic carbocycles. The van der Waals surface area contributed by atoms with Gasteiger partial charge in [-0.1, -0.05) is 6.08 Å². The fraction of sp³-hybridized carbons (Fsp3) is 0.562. The molecular weight excluding hydrogens is 330 g/mol. The lowest BCUT2D eigenvalue weighted by molar-refractivity contribution is -0.161. The van der Waals surface area contributed by atoms with E-state index in [1.165, 1.54) is 16.7 Å². The zero-order valence-corrected chi connectivity index (χ0v) is 14.6. The highest BCUT2D eigenvalue weighted by Gasteiger charge is 2.56. The fourth-order valence-electron chi connectivity index (χ4n) is 2.88. The van der Waals surface area contributed by atoms with E-state index in [-0.39, 0.29) is 23.7 Å². The number of aliphatic hydroxyl groups is 1. The van der Waals surface area contributed by atoms with Gasteiger partial charge in [-0.15, -0.1) is 18.3 Å². The Labute approximate surface area is 145 Å². The van der Waals surface area contributed by atoms with Crippen molar-refractivity contribution >= 4 is 30.0 Å². The molecule has 1 saturated heterocycles. The van der Waals surface area contributed by atoms with E-state index in [0.29, 0.717) is 23.6 Å². The molecular formula is C16H23N3O4S. The van der Waals surface area contributed by atoms with Gasteiger partial charge in [-0.2, -0.15) is 0 Å². The van der Waals surface area contributed by atoms with Crippen molar-refractivity contribution in [1.82, 2.24) is 10.2 Å². The number of aliphatic carboxylic acids is 1. The number of thioether (sulfide) groups is 1. The maximum atomic E-state index is 12.1. The molecule has 24 heavy (non-hydrogen) atoms. The lowest BCUT2D eigenvalue weighted by Crippen LogP contribution is -2.61. The van der Waals surface area contributed by atoms with E-state index in [1.54, 1.807) is 19.3 Å². The van der Waals surface area contributed by atoms with E-state index in [2.05, 4.69) is 16.9 Å². The minimum absolute atomic E-state index is 0.0642. The molecule has 8 heteroatoms. The maximum absolute atomic E-state index is 12.1. The Bertz CT molecular complexity index is 588. The van der Waals surface area contributed by atoms with Crippen LogP contribution in [0.2, 0.25) is 0 Å². The van der Waals surface area contributed by atoms with Gasteiger partial charge in [0.1, 0.15) is 5.70 Å². The first kappa shape index (κ1) is 18.5. The topological polar surface area (TPSA) is 102 Å². The standard InChI is InChI=1S/C16H23N3O4S/c1-4-9(2)18-8-17-5-6-24-12-7-11-13(10(3)20)15(21)19(11)14(12)16(22)23/h4,8-11,13,20H,1,5-7H2,2-3H3,(H,17,18)(H,22,23)/t9?,10-,11-,13-/m1/s1. The number of nitrogens with zero attached hydrogens (tertiary/aromatic N) is 2. The van der Waals surface area contributed by atoms with Gasteiger partial charge in [0.05, 0.1) is 30.9 Å². The van der Waals surface area contributed by atoms with Gasteiger partial charge in [-0.05, 0) is 13.8 Å². The van der Waals surface area contributed by atoms with E-state index in [1.807, 2.05) is 6.92 Å². The molecule has 0 aromatic heterocycles. The molecule has 0 radical (unpaired) electrons. The Morgan fingerprint density at radius 1 is 1.58 bits per heavy atom. The summed E-state index contributed by atoms with van der Waals surface area (Å²) in [4.78, 5) is 29.8. The number of aliphatic hydroxyl groups excluding tert-OH is 1. The van der Waals surface area contributed by atoms with Crippen LogP contribution in [-0.4, -0.2) is 63.8 Å². The summed E-state index contributed by atoms with van der Waals surface area (Å²) in [5.74, 6) is -1.27. The largest absolute Gasteiger partial charge is 0.477 e. The number of nitrogens with one attached hydrogen (secondary N) is 1. The van der Waals surface area contributed by atoms with Crippen LogP contribution in [-0.2, 0) is 9.59 Å². The second kappa shape index (κ2) is 7.85. The van der Waals surface area contributed by atoms with Crippen LogP contribution in [0.3, 0.4) is 0 Å². The first-order valence-corrected chi connectivity index (χ1v) is 8.84. The number of hydrogen-bond donors (Lipinski definition) is 3. The van der Waals surface area contributed by atoms with Crippen LogP contribution >= 0.6 is 11.8 Å². The highest BCUT2D eigenvalue weighted by Crippen LogP contribution is 2.46. The molecule has 1 unspecified atom stereocenters. The van der Waals surface area contributed by atoms with Crippen molar-refractivity contribution in [3.63, 3.8) is 0 Å². The van der Waals surface area contributed by atoms with Crippen molar-refractivity contribution in [1.29, 1.82) is 0 Å². The van der Waals surface area contributed by atoms with Gasteiger partial charge in [0.15, 0.2) is 0 Å². The summed E-state index contributed by atoms with van der Waals surface area (Å²) < 4.78 is 0. The van der Waals surface area contributed by atoms with Crippen LogP contribution in [0.4, 0.5) is 0 Å². The molecule has 0 aromatic rings. The van der Waals surface area contributed by atoms with Gasteiger partial charge in [-0.25, -0.2) is 4.79 Å². The first-order chi connectivity index (χ1) is 11.4. The Hall–Kier alpha value is -1.80. The third-order valence-electron chi connectivity index (χ3n) is 4.17. The summed E-state index contributed by atoms with van der Waals surface area (Å²) in [6.07, 6.45) is 3.11. The van der Waals surface area contributed by atoms with Crippen molar-refractivity contribution in [2.24, 2.45) is 10.9 Å². The Morgan fingerprint density at radius 2 is 2.29 bits per heavy atom. The van der Waals surface area contributed by atoms with E-state index in [9.17, 15) is 19.8 Å². The smallest absolute Gasteiger partial charge is 0.353 e. The molecule has 0 spiro atoms. The number of fused-ring (bicyclic) bond motifs is 1. The number of carbonyl (C=O) groups excluding carboxylic acids is 1. The summed E-state index contributed by atoms with van der Waals surface area (Å²) in [5, 5.41) is 22.1. The zero-order chi connectivity index (χ0) is 17.9. The van der Waals surface area contributed by atoms with Crippen LogP contribution in [0.5, 0.6) is 0 Å². The summed E-state index contributed by atoms with van der Waals surface area (Å²) >= 11 is 1.41. The maximum Gasteiger partial charge on any atom is 0.353 e. The molecule has 2 heterocycles. The van der Waals surface area contributed by atoms with Crippen molar-refractivity contribution in [2.75, 3.05) is 12.3 Å². The minimum atomic E-state index is -1.10. The fourth-order valence-corrected chi connectivity index (χ4v) is 3.94. The molecule has 3 N–H and O–H groups in total. The second-order valence-electron chi connectivity index (χ2n) is 5.90. The number of β-lactam (4-membered cyclic amide) rings is 1. The van der Waals surface area contributed by atoms with E-state index >= 15 is 0 Å². The van der Waals surface area contributed by atoms with Crippen molar-refractivity contribution in [3.05, 3.63) is 23.3 Å². The van der Waals surface area contributed by atoms with Gasteiger partial charge in [-0.3, -0.25) is 9.79 Å². The number of carbonyl (C=O) groups is 2. The molecule has 7 nitrogen and oxygen atoms in total. The molecule has 2 aliphatic heterocycles. The molecule has 1 amide bonds. The van der Waals surface area contributed by atoms with Gasteiger partial charge < -0.3 is 20.4 Å². The molecule has 2 rings (SSSR count). The molecule has 0 bridgehead atoms. The summed E-state index contributed by atoms with van der Waals surface area (Å²) in [6.45, 7) is 7.72. The lowest BCUT2D eigenvalue weighted by atomic mass is 9.83. The number of aliphatic imine (C=N–C) groups is 1. The number of carboxylic acids is 1. The number of carboxylic acid groups (broad SMARTS) is 1. The number of rotatable bonds is 9. The van der Waals surface area contributed by atoms with Crippen LogP contribution in [0, 0.1) is 5.92 Å². The Balaban J connectivity index is 1.91. The van der Waals surface area contributed by atoms with Crippen molar-refractivity contribution in [2.45, 2.75) is 38.5 Å². The second-order valence-corrected chi connectivity index (χ2v) is 7.09. The van der Waals surface area contributed by atoms with E-state index in [0.717, 1.165) is 0 Å². The molecule has 4 atom stereocenters. The van der Waals surface area contributed by atoms with Crippen molar-refractivity contribution in [3.8, 4) is 0 Å². The first-order valence-electron chi connectivity index (χ1n) is 7.85. The van der Waals surface area contributed by atoms with Crippen LogP contribution in [0.15, 0.2) is 28.2 Å². The Morgan fingerprint density at radius 3 is 2.88 bits per heavy atom. The van der Waals surface area contributed by atoms with Gasteiger partial charge in [0, 0.05) is 23.1 Å². The normalized spacial score (nSPS) is 25.5. The average Bonchev–Trinajstić information content (AvgIpc) is 2.84. The SMILES string of the molecule is C=CC(C)NC=NCCSC1=C(C(=O)O)N2C(=O)[C@H]([C@@H](C)O)[C@H]2C1. The minimum Gasteiger partial charge on any atom is -0.477 e. The summed E-state index contributed by atoms with van der Waals surface area (Å²) in [5.41, 5.74) is 0.0642. The Kier molecular flexibility index (Phi) is 6.06. The van der Waals surface area contributed by atoms with E-state index < -0.39 is 18.0 Å². The number of amides is 1. The van der Waals surface area contributed by atoms with Crippen LogP contribution in [0.25, 0.3) is 0 Å². The average molecular weight is 353 g/mol. The zero-order valence-electron chi connectivity index (χ0n) is 13.8. The summed E-state index contributed by atoms with van der Waals surface area (Å²) in [6, 6.07) is -0.0888. The molecule has 1 fully saturated rings. The predicted molar refractivity (Wildman–Crippen MR) is 93.7 cm³/mol. The third-order valence-corrected chi connectivity index (χ3v) is 5.26. The van der Waals surface area contributed by atoms with Crippen LogP contribution < -0.4 is 5.32 Å². The number of hydrogen-bond acceptors (Lipinski definition) is 5. The summed E-state index contributed by atoms with van der Waals surface area (Å²) in [7, 11) is 0. The van der Waals surface area contributed by atoms with Crippen molar-refractivity contribution < 1.29 is 19.8 Å². The molecule has 0 saturated carbocycles. The third kappa shape index (κ3) is 3.64. The van der Waals surface area contributed by atoms with Crippen LogP contribution in [0.1, 0.15) is 20.3 Å². The van der Waals surface area contributed by atoms with E-state index in [4.69, 9.17) is 0 Å². The molecule has 2 aliphatic rings. The monoisotopic (exact) mass is 353 g/mol. The highest BCUT2D eigenvalue weighted by molar-refractivity contribution is 8.03. The highest BCUT2D eigenvalue weighted by atomic mass is 32.2. The predicted octanol–water partition coefficient (Wildman–Crippen LogP) is 0.820. The van der Waals surface area contributed by atoms with Gasteiger partial charge >= 0.3 is 5.97 Å². The van der Waals surface area contributed by atoms with Gasteiger partial charge in [0.2, 0.25) is 5.91 Å². The lowest BCUT2D eigenvalue weighted by Gasteiger charge is -2.44. The molecule has 132 valence electrons.